The molecule has 0 radical (unpaired) electrons. The fourth-order valence-corrected chi connectivity index (χ4v) is 5.50. The van der Waals surface area contributed by atoms with Gasteiger partial charge in [0.2, 0.25) is 0 Å². The topological polar surface area (TPSA) is 108 Å². The van der Waals surface area contributed by atoms with Gasteiger partial charge < -0.3 is 19.8 Å². The van der Waals surface area contributed by atoms with Crippen LogP contribution in [0.3, 0.4) is 0 Å². The zero-order chi connectivity index (χ0) is 29.8. The molecule has 1 atom stereocenters. The Balaban J connectivity index is 1.37. The number of nitrogens with one attached hydrogen (secondary N) is 2. The van der Waals surface area contributed by atoms with Crippen molar-refractivity contribution >= 4 is 22.7 Å². The number of carbonyl (C=O) groups excluding carboxylic acids is 1. The molecule has 3 heterocycles. The number of ether oxygens (including phenoxy) is 1. The first-order valence-electron chi connectivity index (χ1n) is 13.1. The summed E-state index contributed by atoms with van der Waals surface area (Å²) in [5, 5.41) is 8.84. The summed E-state index contributed by atoms with van der Waals surface area (Å²) in [7, 11) is 0. The highest BCUT2D eigenvalue weighted by atomic mass is 19.2. The van der Waals surface area contributed by atoms with E-state index in [1.165, 1.54) is 12.3 Å². The van der Waals surface area contributed by atoms with Gasteiger partial charge in [0, 0.05) is 40.7 Å². The summed E-state index contributed by atoms with van der Waals surface area (Å²) in [6.45, 7) is 2.29. The average Bonchev–Trinajstić information content (AvgIpc) is 3.67. The fourth-order valence-electron chi connectivity index (χ4n) is 5.50. The lowest BCUT2D eigenvalue weighted by atomic mass is 9.74. The van der Waals surface area contributed by atoms with Gasteiger partial charge in [0.25, 0.3) is 0 Å². The Kier molecular flexibility index (Phi) is 6.59. The van der Waals surface area contributed by atoms with Crippen molar-refractivity contribution in [3.63, 3.8) is 0 Å². The van der Waals surface area contributed by atoms with E-state index >= 15 is 8.78 Å². The summed E-state index contributed by atoms with van der Waals surface area (Å²) in [6, 6.07) is 9.85. The van der Waals surface area contributed by atoms with Crippen LogP contribution in [-0.4, -0.2) is 38.4 Å². The van der Waals surface area contributed by atoms with Crippen molar-refractivity contribution in [2.45, 2.75) is 31.6 Å². The van der Waals surface area contributed by atoms with Gasteiger partial charge in [-0.25, -0.2) is 22.5 Å². The molecule has 11 heteroatoms. The normalized spacial score (nSPS) is 16.3. The Bertz CT molecular complexity index is 1900. The molecule has 5 aromatic rings. The second-order valence-electron chi connectivity index (χ2n) is 10.4. The maximum Gasteiger partial charge on any atom is 0.303 e. The van der Waals surface area contributed by atoms with Crippen molar-refractivity contribution in [2.75, 3.05) is 6.61 Å². The summed E-state index contributed by atoms with van der Waals surface area (Å²) < 4.78 is 65.4. The quantitative estimate of drug-likeness (QED) is 0.117. The Labute approximate surface area is 236 Å². The highest BCUT2D eigenvalue weighted by Gasteiger charge is 2.38. The lowest BCUT2D eigenvalue weighted by molar-refractivity contribution is -0.136. The van der Waals surface area contributed by atoms with Gasteiger partial charge in [-0.05, 0) is 49.6 Å². The van der Waals surface area contributed by atoms with E-state index in [1.807, 2.05) is 25.1 Å². The van der Waals surface area contributed by atoms with E-state index < -0.39 is 51.5 Å². The number of H-pyrrole nitrogens is 2. The van der Waals surface area contributed by atoms with Gasteiger partial charge in [0.1, 0.15) is 23.2 Å². The number of nitrogens with zero attached hydrogens (tertiary/aromatic N) is 1. The maximum atomic E-state index is 15.1. The maximum absolute atomic E-state index is 15.1. The number of halogens is 4. The van der Waals surface area contributed by atoms with Crippen molar-refractivity contribution in [3.05, 3.63) is 106 Å². The molecule has 0 saturated carbocycles. The first-order valence-corrected chi connectivity index (χ1v) is 13.1. The molecule has 0 fully saturated rings. The molecule has 3 N–H and O–H groups in total. The minimum Gasteiger partial charge on any atom is -0.493 e. The summed E-state index contributed by atoms with van der Waals surface area (Å²) in [5.41, 5.74) is -0.449. The predicted molar refractivity (Wildman–Crippen MR) is 145 cm³/mol. The molecule has 214 valence electrons. The van der Waals surface area contributed by atoms with Crippen LogP contribution in [0.2, 0.25) is 0 Å². The summed E-state index contributed by atoms with van der Waals surface area (Å²) >= 11 is 0. The van der Waals surface area contributed by atoms with Crippen LogP contribution in [0.25, 0.3) is 22.3 Å². The van der Waals surface area contributed by atoms with Crippen LogP contribution in [0.5, 0.6) is 5.75 Å². The molecule has 0 bridgehead atoms. The summed E-state index contributed by atoms with van der Waals surface area (Å²) in [6.07, 6.45) is 3.59. The molecule has 3 aromatic carbocycles. The van der Waals surface area contributed by atoms with Crippen molar-refractivity contribution < 1.29 is 37.0 Å². The molecular weight excluding hydrogens is 554 g/mol. The zero-order valence-corrected chi connectivity index (χ0v) is 22.2. The largest absolute Gasteiger partial charge is 0.493 e. The van der Waals surface area contributed by atoms with Crippen molar-refractivity contribution in [1.29, 1.82) is 0 Å². The number of hydrogen-bond acceptors (Lipinski definition) is 4. The molecule has 0 amide bonds. The van der Waals surface area contributed by atoms with E-state index in [0.717, 1.165) is 29.3 Å². The summed E-state index contributed by atoms with van der Waals surface area (Å²) in [4.78, 5) is 34.3. The molecule has 2 aromatic heterocycles. The molecule has 6 rings (SSSR count). The standard InChI is InChI=1S/C31H23F4N3O4/c1-31(10-12-42-29-15(6-8-22(39)40)3-2-4-19(29)31)21-14-37-30(38-21)18-13-16(5-7-20(18)32)28(41)23-24(33)17-9-11-36-27(17)26(35)25(23)34/h2-5,7,9,11,13-14,36H,6,8,10,12H2,1H3,(H,37,38)(H,39,40). The van der Waals surface area contributed by atoms with E-state index in [0.29, 0.717) is 24.5 Å². The van der Waals surface area contributed by atoms with E-state index in [4.69, 9.17) is 9.84 Å². The van der Waals surface area contributed by atoms with Crippen LogP contribution in [0.1, 0.15) is 52.5 Å². The van der Waals surface area contributed by atoms with Crippen molar-refractivity contribution in [3.8, 4) is 17.1 Å². The highest BCUT2D eigenvalue weighted by molar-refractivity contribution is 6.11. The lowest BCUT2D eigenvalue weighted by Gasteiger charge is -2.35. The van der Waals surface area contributed by atoms with E-state index in [9.17, 15) is 18.4 Å². The Morgan fingerprint density at radius 1 is 1.05 bits per heavy atom. The number of hydrogen-bond donors (Lipinski definition) is 3. The number of para-hydroxylation sites is 1. The van der Waals surface area contributed by atoms with Crippen molar-refractivity contribution in [1.82, 2.24) is 15.0 Å². The molecule has 1 aliphatic heterocycles. The van der Waals surface area contributed by atoms with Gasteiger partial charge in [-0.3, -0.25) is 9.59 Å². The lowest BCUT2D eigenvalue weighted by Crippen LogP contribution is -2.32. The zero-order valence-electron chi connectivity index (χ0n) is 22.2. The first-order chi connectivity index (χ1) is 20.1. The van der Waals surface area contributed by atoms with E-state index in [-0.39, 0.29) is 35.2 Å². The van der Waals surface area contributed by atoms with Crippen LogP contribution in [0.4, 0.5) is 17.6 Å². The number of aliphatic carboxylic acids is 1. The van der Waals surface area contributed by atoms with E-state index in [2.05, 4.69) is 15.0 Å². The second kappa shape index (κ2) is 10.2. The van der Waals surface area contributed by atoms with Crippen LogP contribution in [-0.2, 0) is 16.6 Å². The predicted octanol–water partition coefficient (Wildman–Crippen LogP) is 6.45. The number of benzene rings is 3. The van der Waals surface area contributed by atoms with Gasteiger partial charge in [-0.2, -0.15) is 0 Å². The number of rotatable bonds is 7. The Hall–Kier alpha value is -4.93. The third kappa shape index (κ3) is 4.32. The third-order valence-electron chi connectivity index (χ3n) is 7.84. The first kappa shape index (κ1) is 27.3. The van der Waals surface area contributed by atoms with Crippen LogP contribution in [0.15, 0.2) is 54.9 Å². The molecule has 42 heavy (non-hydrogen) atoms. The smallest absolute Gasteiger partial charge is 0.303 e. The van der Waals surface area contributed by atoms with Crippen LogP contribution < -0.4 is 4.74 Å². The molecule has 1 unspecified atom stereocenters. The van der Waals surface area contributed by atoms with Gasteiger partial charge in [-0.1, -0.05) is 18.2 Å². The van der Waals surface area contributed by atoms with Gasteiger partial charge in [-0.15, -0.1) is 0 Å². The third-order valence-corrected chi connectivity index (χ3v) is 7.84. The molecule has 0 saturated heterocycles. The molecule has 0 spiro atoms. The van der Waals surface area contributed by atoms with Crippen LogP contribution in [0, 0.1) is 23.3 Å². The minimum absolute atomic E-state index is 0.0586. The molecular formula is C31H23F4N3O4. The molecule has 1 aliphatic rings. The number of carbonyl (C=O) groups is 2. The summed E-state index contributed by atoms with van der Waals surface area (Å²) in [5.74, 6) is -6.43. The number of carboxylic acids is 1. The fraction of sp³-hybridized carbons (Fsp3) is 0.194. The van der Waals surface area contributed by atoms with Gasteiger partial charge >= 0.3 is 5.97 Å². The number of aromatic nitrogens is 3. The average molecular weight is 578 g/mol. The number of ketones is 1. The highest BCUT2D eigenvalue weighted by Crippen LogP contribution is 2.45. The minimum atomic E-state index is -1.65. The number of imidazole rings is 1. The van der Waals surface area contributed by atoms with E-state index in [1.54, 1.807) is 6.20 Å². The molecule has 7 nitrogen and oxygen atoms in total. The monoisotopic (exact) mass is 577 g/mol. The number of aromatic amines is 2. The van der Waals surface area contributed by atoms with Crippen LogP contribution >= 0.6 is 0 Å². The number of aryl methyl sites for hydroxylation is 1. The van der Waals surface area contributed by atoms with Gasteiger partial charge in [0.15, 0.2) is 17.4 Å². The number of carboxylic acid groups (broad SMARTS) is 1. The number of fused-ring (bicyclic) bond motifs is 2. The molecule has 0 aliphatic carbocycles. The SMILES string of the molecule is CC1(c2c[nH]c(-c3cc(C(=O)c4c(F)c(F)c5[nH]ccc5c4F)ccc3F)n2)CCOc2c(CCC(=O)O)cccc21. The van der Waals surface area contributed by atoms with Crippen molar-refractivity contribution in [2.24, 2.45) is 0 Å². The second-order valence-corrected chi connectivity index (χ2v) is 10.4. The Morgan fingerprint density at radius 3 is 2.64 bits per heavy atom. The Morgan fingerprint density at radius 2 is 1.86 bits per heavy atom. The van der Waals surface area contributed by atoms with Gasteiger partial charge in [0.05, 0.1) is 28.9 Å².